The summed E-state index contributed by atoms with van der Waals surface area (Å²) in [6.07, 6.45) is 15.8. The molecule has 0 aliphatic carbocycles. The second-order valence-corrected chi connectivity index (χ2v) is 6.01. The van der Waals surface area contributed by atoms with Crippen LogP contribution >= 0.6 is 0 Å². The van der Waals surface area contributed by atoms with Crippen molar-refractivity contribution < 1.29 is 9.90 Å². The lowest BCUT2D eigenvalue weighted by Gasteiger charge is -2.10. The Labute approximate surface area is 120 Å². The van der Waals surface area contributed by atoms with Crippen molar-refractivity contribution in [1.29, 1.82) is 0 Å². The first-order chi connectivity index (χ1) is 9.16. The molecule has 114 valence electrons. The molecule has 0 aromatic rings. The van der Waals surface area contributed by atoms with Gasteiger partial charge in [0.05, 0.1) is 0 Å². The molecule has 0 heterocycles. The van der Waals surface area contributed by atoms with E-state index in [4.69, 9.17) is 5.11 Å². The lowest BCUT2D eigenvalue weighted by atomic mass is 9.96. The van der Waals surface area contributed by atoms with Gasteiger partial charge in [-0.05, 0) is 12.3 Å². The smallest absolute Gasteiger partial charge is 0.303 e. The molecule has 1 atom stereocenters. The van der Waals surface area contributed by atoms with Gasteiger partial charge in [0.1, 0.15) is 0 Å². The Morgan fingerprint density at radius 1 is 0.842 bits per heavy atom. The molecule has 0 aliphatic heterocycles. The van der Waals surface area contributed by atoms with E-state index in [1.165, 1.54) is 64.2 Å². The predicted molar refractivity (Wildman–Crippen MR) is 82.5 cm³/mol. The van der Waals surface area contributed by atoms with Crippen LogP contribution in [0.1, 0.15) is 97.3 Å². The van der Waals surface area contributed by atoms with E-state index < -0.39 is 5.97 Å². The van der Waals surface area contributed by atoms with Crippen LogP contribution in [0.3, 0.4) is 0 Å². The molecule has 0 radical (unpaired) electrons. The molecule has 0 aromatic carbocycles. The molecule has 0 saturated carbocycles. The van der Waals surface area contributed by atoms with Crippen LogP contribution in [0.2, 0.25) is 0 Å². The lowest BCUT2D eigenvalue weighted by Crippen LogP contribution is -1.95. The van der Waals surface area contributed by atoms with Gasteiger partial charge in [0.2, 0.25) is 0 Å². The Balaban J connectivity index is 3.14. The van der Waals surface area contributed by atoms with E-state index in [2.05, 4.69) is 13.8 Å². The second kappa shape index (κ2) is 13.9. The molecular formula is C17H34O2. The van der Waals surface area contributed by atoms with Gasteiger partial charge in [-0.15, -0.1) is 0 Å². The first-order valence-corrected chi connectivity index (χ1v) is 8.38. The zero-order chi connectivity index (χ0) is 14.3. The van der Waals surface area contributed by atoms with Crippen molar-refractivity contribution in [3.8, 4) is 0 Å². The van der Waals surface area contributed by atoms with Crippen molar-refractivity contribution in [1.82, 2.24) is 0 Å². The summed E-state index contributed by atoms with van der Waals surface area (Å²) >= 11 is 0. The highest BCUT2D eigenvalue weighted by Crippen LogP contribution is 2.18. The number of aliphatic carboxylic acids is 1. The number of carbonyl (C=O) groups is 1. The minimum Gasteiger partial charge on any atom is -0.481 e. The largest absolute Gasteiger partial charge is 0.481 e. The molecule has 2 heteroatoms. The number of hydrogen-bond acceptors (Lipinski definition) is 1. The van der Waals surface area contributed by atoms with Crippen LogP contribution in [0, 0.1) is 5.92 Å². The number of unbranched alkanes of at least 4 members (excludes halogenated alkanes) is 8. The molecule has 19 heavy (non-hydrogen) atoms. The fraction of sp³-hybridized carbons (Fsp3) is 0.941. The maximum atomic E-state index is 10.3. The first-order valence-electron chi connectivity index (χ1n) is 8.38. The topological polar surface area (TPSA) is 37.3 Å². The highest BCUT2D eigenvalue weighted by Gasteiger charge is 2.02. The Kier molecular flexibility index (Phi) is 13.5. The van der Waals surface area contributed by atoms with Crippen LogP contribution < -0.4 is 0 Å². The average molecular weight is 270 g/mol. The van der Waals surface area contributed by atoms with E-state index in [9.17, 15) is 4.79 Å². The Morgan fingerprint density at radius 2 is 1.32 bits per heavy atom. The number of hydrogen-bond donors (Lipinski definition) is 1. The Morgan fingerprint density at radius 3 is 1.84 bits per heavy atom. The maximum Gasteiger partial charge on any atom is 0.303 e. The van der Waals surface area contributed by atoms with Crippen molar-refractivity contribution in [2.24, 2.45) is 5.92 Å². The van der Waals surface area contributed by atoms with E-state index in [0.717, 1.165) is 18.8 Å². The van der Waals surface area contributed by atoms with Crippen LogP contribution in [0.15, 0.2) is 0 Å². The molecule has 0 bridgehead atoms. The summed E-state index contributed by atoms with van der Waals surface area (Å²) in [6, 6.07) is 0. The van der Waals surface area contributed by atoms with Gasteiger partial charge in [0.25, 0.3) is 0 Å². The van der Waals surface area contributed by atoms with E-state index in [0.29, 0.717) is 6.42 Å². The van der Waals surface area contributed by atoms with Gasteiger partial charge in [-0.1, -0.05) is 84.5 Å². The third-order valence-corrected chi connectivity index (χ3v) is 3.89. The van der Waals surface area contributed by atoms with E-state index in [-0.39, 0.29) is 0 Å². The molecule has 1 N–H and O–H groups in total. The van der Waals surface area contributed by atoms with Crippen molar-refractivity contribution in [3.05, 3.63) is 0 Å². The SMILES string of the molecule is CCCCCC[C@H](C)CCCCCCCCC(=O)O. The molecule has 0 aliphatic rings. The number of carboxylic acid groups (broad SMARTS) is 1. The summed E-state index contributed by atoms with van der Waals surface area (Å²) < 4.78 is 0. The minimum absolute atomic E-state index is 0.342. The zero-order valence-electron chi connectivity index (χ0n) is 13.1. The fourth-order valence-electron chi connectivity index (χ4n) is 2.54. The molecular weight excluding hydrogens is 236 g/mol. The van der Waals surface area contributed by atoms with Crippen LogP contribution in [0.5, 0.6) is 0 Å². The Hall–Kier alpha value is -0.530. The van der Waals surface area contributed by atoms with Gasteiger partial charge in [0, 0.05) is 6.42 Å². The first kappa shape index (κ1) is 18.5. The number of rotatable bonds is 14. The van der Waals surface area contributed by atoms with Crippen LogP contribution in [-0.4, -0.2) is 11.1 Å². The van der Waals surface area contributed by atoms with Gasteiger partial charge in [-0.2, -0.15) is 0 Å². The summed E-state index contributed by atoms with van der Waals surface area (Å²) in [6.45, 7) is 4.65. The molecule has 0 fully saturated rings. The second-order valence-electron chi connectivity index (χ2n) is 6.01. The quantitative estimate of drug-likeness (QED) is 0.405. The van der Waals surface area contributed by atoms with Gasteiger partial charge in [-0.3, -0.25) is 4.79 Å². The molecule has 0 unspecified atom stereocenters. The van der Waals surface area contributed by atoms with E-state index in [1.807, 2.05) is 0 Å². The Bertz CT molecular complexity index is 201. The summed E-state index contributed by atoms with van der Waals surface area (Å²) in [4.78, 5) is 10.3. The molecule has 2 nitrogen and oxygen atoms in total. The van der Waals surface area contributed by atoms with Crippen LogP contribution in [-0.2, 0) is 4.79 Å². The predicted octanol–water partition coefficient (Wildman–Crippen LogP) is 5.80. The maximum absolute atomic E-state index is 10.3. The molecule has 0 saturated heterocycles. The summed E-state index contributed by atoms with van der Waals surface area (Å²) in [5.74, 6) is 0.237. The average Bonchev–Trinajstić information content (AvgIpc) is 2.37. The third-order valence-electron chi connectivity index (χ3n) is 3.89. The highest BCUT2D eigenvalue weighted by molar-refractivity contribution is 5.66. The molecule has 0 spiro atoms. The van der Waals surface area contributed by atoms with Gasteiger partial charge < -0.3 is 5.11 Å². The standard InChI is InChI=1S/C17H34O2/c1-3-4-5-10-13-16(2)14-11-8-6-7-9-12-15-17(18)19/h16H,3-15H2,1-2H3,(H,18,19)/t16-/m0/s1. The monoisotopic (exact) mass is 270 g/mol. The van der Waals surface area contributed by atoms with Crippen molar-refractivity contribution >= 4 is 5.97 Å². The fourth-order valence-corrected chi connectivity index (χ4v) is 2.54. The normalized spacial score (nSPS) is 12.5. The number of carboxylic acids is 1. The summed E-state index contributed by atoms with van der Waals surface area (Å²) in [5.41, 5.74) is 0. The van der Waals surface area contributed by atoms with Crippen molar-refractivity contribution in [2.45, 2.75) is 97.3 Å². The zero-order valence-corrected chi connectivity index (χ0v) is 13.1. The van der Waals surface area contributed by atoms with Gasteiger partial charge in [0.15, 0.2) is 0 Å². The van der Waals surface area contributed by atoms with Crippen molar-refractivity contribution in [2.75, 3.05) is 0 Å². The van der Waals surface area contributed by atoms with Crippen LogP contribution in [0.4, 0.5) is 0 Å². The summed E-state index contributed by atoms with van der Waals surface area (Å²) in [7, 11) is 0. The highest BCUT2D eigenvalue weighted by atomic mass is 16.4. The molecule has 0 aromatic heterocycles. The van der Waals surface area contributed by atoms with E-state index >= 15 is 0 Å². The van der Waals surface area contributed by atoms with Crippen molar-refractivity contribution in [3.63, 3.8) is 0 Å². The van der Waals surface area contributed by atoms with Crippen LogP contribution in [0.25, 0.3) is 0 Å². The van der Waals surface area contributed by atoms with Gasteiger partial charge >= 0.3 is 5.97 Å². The third kappa shape index (κ3) is 15.4. The van der Waals surface area contributed by atoms with Gasteiger partial charge in [-0.25, -0.2) is 0 Å². The minimum atomic E-state index is -0.656. The molecule has 0 amide bonds. The summed E-state index contributed by atoms with van der Waals surface area (Å²) in [5, 5.41) is 8.52. The lowest BCUT2D eigenvalue weighted by molar-refractivity contribution is -0.137. The van der Waals surface area contributed by atoms with E-state index in [1.54, 1.807) is 0 Å². The molecule has 0 rings (SSSR count).